The molecule has 0 bridgehead atoms. The number of rotatable bonds is 0. The molecule has 1 saturated heterocycles. The lowest BCUT2D eigenvalue weighted by molar-refractivity contribution is 0.331. The first kappa shape index (κ1) is 10.4. The predicted octanol–water partition coefficient (Wildman–Crippen LogP) is 2.87. The monoisotopic (exact) mass is 353 g/mol. The van der Waals surface area contributed by atoms with Crippen LogP contribution in [0, 0.1) is 0 Å². The normalized spacial score (nSPS) is 27.3. The molecule has 0 spiro atoms. The summed E-state index contributed by atoms with van der Waals surface area (Å²) in [5.74, 6) is 0. The van der Waals surface area contributed by atoms with Crippen LogP contribution in [-0.4, -0.2) is 24.5 Å². The Labute approximate surface area is 80.9 Å². The van der Waals surface area contributed by atoms with E-state index in [9.17, 15) is 0 Å². The summed E-state index contributed by atoms with van der Waals surface area (Å²) >= 11 is 4.24. The summed E-state index contributed by atoms with van der Waals surface area (Å²) in [6, 6.07) is 0.847. The molecule has 1 heterocycles. The summed E-state index contributed by atoms with van der Waals surface area (Å²) in [6.45, 7) is 3.59. The minimum Gasteiger partial charge on any atom is -0.304 e. The van der Waals surface area contributed by atoms with Crippen molar-refractivity contribution in [2.45, 2.75) is 25.8 Å². The van der Waals surface area contributed by atoms with Crippen LogP contribution in [0.2, 0.25) is 0 Å². The second kappa shape index (κ2) is 6.15. The van der Waals surface area contributed by atoms with Crippen LogP contribution in [0.5, 0.6) is 0 Å². The summed E-state index contributed by atoms with van der Waals surface area (Å²) in [4.78, 5) is 2.40. The number of halogens is 2. The van der Waals surface area contributed by atoms with Gasteiger partial charge in [-0.2, -0.15) is 0 Å². The van der Waals surface area contributed by atoms with Crippen LogP contribution in [0.4, 0.5) is 0 Å². The summed E-state index contributed by atoms with van der Waals surface area (Å²) in [6.07, 6.45) is 2.80. The summed E-state index contributed by atoms with van der Waals surface area (Å²) in [7, 11) is 2.19. The van der Waals surface area contributed by atoms with Gasteiger partial charge in [0.1, 0.15) is 0 Å². The third-order valence-electron chi connectivity index (χ3n) is 1.89. The molecule has 0 amide bonds. The maximum absolute atomic E-state index is 2.40. The molecule has 1 fully saturated rings. The Hall–Kier alpha value is 1.42. The zero-order valence-electron chi connectivity index (χ0n) is 5.90. The number of likely N-dealkylation sites (tertiary alicyclic amines) is 1. The largest absolute Gasteiger partial charge is 0.304 e. The summed E-state index contributed by atoms with van der Waals surface area (Å²) in [5, 5.41) is 0. The number of hydrogen-bond acceptors (Lipinski definition) is 1. The Morgan fingerprint density at radius 2 is 2.00 bits per heavy atom. The van der Waals surface area contributed by atoms with Gasteiger partial charge in [0.15, 0.2) is 0 Å². The minimum atomic E-state index is 0.847. The molecule has 0 N–H and O–H groups in total. The molecule has 0 aromatic rings. The van der Waals surface area contributed by atoms with Crippen molar-refractivity contribution in [2.24, 2.45) is 0 Å². The molecule has 0 radical (unpaired) electrons. The van der Waals surface area contributed by atoms with E-state index in [1.807, 2.05) is 0 Å². The third kappa shape index (κ3) is 3.98. The van der Waals surface area contributed by atoms with Crippen LogP contribution in [0.3, 0.4) is 0 Å². The van der Waals surface area contributed by atoms with Gasteiger partial charge in [-0.15, -0.1) is 0 Å². The Morgan fingerprint density at radius 3 is 2.11 bits per heavy atom. The van der Waals surface area contributed by atoms with Gasteiger partial charge in [0.05, 0.1) is 0 Å². The fourth-order valence-electron chi connectivity index (χ4n) is 1.08. The first-order valence-electron chi connectivity index (χ1n) is 3.15. The standard InChI is InChI=1S/C6H13N.I2/c1-6-4-3-5-7(6)2;1-2/h6H,3-5H2,1-2H3;. The van der Waals surface area contributed by atoms with E-state index in [4.69, 9.17) is 0 Å². The van der Waals surface area contributed by atoms with Crippen LogP contribution in [0.25, 0.3) is 0 Å². The molecule has 1 aliphatic heterocycles. The molecule has 0 aliphatic carbocycles. The van der Waals surface area contributed by atoms with Crippen molar-refractivity contribution < 1.29 is 0 Å². The molecule has 1 atom stereocenters. The van der Waals surface area contributed by atoms with Crippen LogP contribution >= 0.6 is 37.2 Å². The maximum atomic E-state index is 2.40. The van der Waals surface area contributed by atoms with Gasteiger partial charge in [-0.1, -0.05) is 0 Å². The Balaban J connectivity index is 0.000000291. The lowest BCUT2D eigenvalue weighted by atomic mass is 10.3. The van der Waals surface area contributed by atoms with Gasteiger partial charge in [0.2, 0.25) is 0 Å². The molecule has 0 aromatic heterocycles. The molecular weight excluding hydrogens is 340 g/mol. The van der Waals surface area contributed by atoms with Crippen LogP contribution < -0.4 is 0 Å². The van der Waals surface area contributed by atoms with Crippen molar-refractivity contribution >= 4 is 37.2 Å². The van der Waals surface area contributed by atoms with E-state index < -0.39 is 0 Å². The van der Waals surface area contributed by atoms with Gasteiger partial charge < -0.3 is 4.90 Å². The third-order valence-corrected chi connectivity index (χ3v) is 1.89. The predicted molar refractivity (Wildman–Crippen MR) is 59.4 cm³/mol. The number of nitrogens with zero attached hydrogens (tertiary/aromatic N) is 1. The molecule has 0 aromatic carbocycles. The molecule has 3 heteroatoms. The lowest BCUT2D eigenvalue weighted by Crippen LogP contribution is -2.20. The average Bonchev–Trinajstić information content (AvgIpc) is 2.23. The van der Waals surface area contributed by atoms with Crippen molar-refractivity contribution in [1.82, 2.24) is 4.90 Å². The quantitative estimate of drug-likeness (QED) is 0.606. The molecule has 56 valence electrons. The van der Waals surface area contributed by atoms with E-state index in [1.165, 1.54) is 19.4 Å². The van der Waals surface area contributed by atoms with Crippen LogP contribution in [0.1, 0.15) is 19.8 Å². The van der Waals surface area contributed by atoms with Gasteiger partial charge in [-0.05, 0) is 33.4 Å². The van der Waals surface area contributed by atoms with E-state index in [-0.39, 0.29) is 0 Å². The van der Waals surface area contributed by atoms with Crippen LogP contribution in [0.15, 0.2) is 0 Å². The van der Waals surface area contributed by atoms with Gasteiger partial charge in [0, 0.05) is 43.3 Å². The SMILES string of the molecule is CC1CCCN1C.II. The van der Waals surface area contributed by atoms with E-state index in [2.05, 4.69) is 56.1 Å². The highest BCUT2D eigenvalue weighted by Crippen LogP contribution is 2.12. The van der Waals surface area contributed by atoms with Crippen molar-refractivity contribution in [3.63, 3.8) is 0 Å². The molecule has 1 nitrogen and oxygen atoms in total. The molecule has 1 unspecified atom stereocenters. The topological polar surface area (TPSA) is 3.24 Å². The fraction of sp³-hybridized carbons (Fsp3) is 1.00. The molecular formula is C6H13I2N. The van der Waals surface area contributed by atoms with Gasteiger partial charge in [-0.25, -0.2) is 0 Å². The second-order valence-corrected chi connectivity index (χ2v) is 2.47. The zero-order valence-corrected chi connectivity index (χ0v) is 10.2. The molecule has 1 aliphatic rings. The number of hydrogen-bond donors (Lipinski definition) is 0. The van der Waals surface area contributed by atoms with Crippen molar-refractivity contribution in [3.05, 3.63) is 0 Å². The smallest absolute Gasteiger partial charge is 0.00643 e. The molecule has 0 saturated carbocycles. The van der Waals surface area contributed by atoms with Crippen molar-refractivity contribution in [3.8, 4) is 0 Å². The Kier molecular flexibility index (Phi) is 7.12. The zero-order chi connectivity index (χ0) is 7.28. The van der Waals surface area contributed by atoms with E-state index in [0.717, 1.165) is 6.04 Å². The highest BCUT2D eigenvalue weighted by atomic mass is 128. The fourth-order valence-corrected chi connectivity index (χ4v) is 1.08. The van der Waals surface area contributed by atoms with E-state index in [0.29, 0.717) is 0 Å². The maximum Gasteiger partial charge on any atom is 0.00643 e. The minimum absolute atomic E-state index is 0.847. The molecule has 1 rings (SSSR count). The highest BCUT2D eigenvalue weighted by molar-refractivity contribution is 15.0. The first-order valence-corrected chi connectivity index (χ1v) is 9.44. The Bertz CT molecular complexity index is 60.1. The van der Waals surface area contributed by atoms with E-state index in [1.54, 1.807) is 0 Å². The van der Waals surface area contributed by atoms with Gasteiger partial charge >= 0.3 is 0 Å². The average molecular weight is 353 g/mol. The summed E-state index contributed by atoms with van der Waals surface area (Å²) < 4.78 is 0. The van der Waals surface area contributed by atoms with Crippen molar-refractivity contribution in [2.75, 3.05) is 13.6 Å². The first-order chi connectivity index (χ1) is 4.30. The van der Waals surface area contributed by atoms with Gasteiger partial charge in [0.25, 0.3) is 0 Å². The van der Waals surface area contributed by atoms with Crippen LogP contribution in [-0.2, 0) is 0 Å². The summed E-state index contributed by atoms with van der Waals surface area (Å²) in [5.41, 5.74) is 0. The molecule has 9 heavy (non-hydrogen) atoms. The Morgan fingerprint density at radius 1 is 1.44 bits per heavy atom. The lowest BCUT2D eigenvalue weighted by Gasteiger charge is -2.12. The van der Waals surface area contributed by atoms with Crippen molar-refractivity contribution in [1.29, 1.82) is 0 Å². The highest BCUT2D eigenvalue weighted by Gasteiger charge is 2.14. The van der Waals surface area contributed by atoms with Gasteiger partial charge in [-0.3, -0.25) is 0 Å². The second-order valence-electron chi connectivity index (χ2n) is 2.47. The van der Waals surface area contributed by atoms with E-state index >= 15 is 0 Å².